The fraction of sp³-hybridized carbons (Fsp3) is 0.421. The predicted octanol–water partition coefficient (Wildman–Crippen LogP) is 1.87. The molecule has 0 atom stereocenters. The summed E-state index contributed by atoms with van der Waals surface area (Å²) in [5, 5.41) is 4.39. The van der Waals surface area contributed by atoms with Crippen molar-refractivity contribution in [1.29, 1.82) is 0 Å². The number of carbonyl (C=O) groups excluding carboxylic acids is 2. The van der Waals surface area contributed by atoms with Gasteiger partial charge in [-0.3, -0.25) is 14.3 Å². The van der Waals surface area contributed by atoms with E-state index in [4.69, 9.17) is 5.73 Å². The van der Waals surface area contributed by atoms with Crippen LogP contribution in [-0.4, -0.2) is 33.0 Å². The van der Waals surface area contributed by atoms with Gasteiger partial charge in [0.25, 0.3) is 0 Å². The first-order valence-electron chi connectivity index (χ1n) is 8.47. The van der Waals surface area contributed by atoms with Gasteiger partial charge in [0.15, 0.2) is 0 Å². The van der Waals surface area contributed by atoms with Crippen molar-refractivity contribution < 1.29 is 9.59 Å². The van der Waals surface area contributed by atoms with Crippen molar-refractivity contribution in [2.45, 2.75) is 39.7 Å². The topological polar surface area (TPSA) is 81.2 Å². The normalized spacial score (nSPS) is 10.7. The van der Waals surface area contributed by atoms with Crippen LogP contribution in [-0.2, 0) is 29.6 Å². The number of hydrogen-bond donors (Lipinski definition) is 1. The van der Waals surface area contributed by atoms with Crippen molar-refractivity contribution in [2.75, 3.05) is 6.54 Å². The molecule has 0 spiro atoms. The molecule has 0 aliphatic carbocycles. The summed E-state index contributed by atoms with van der Waals surface area (Å²) in [7, 11) is 1.90. The van der Waals surface area contributed by atoms with Gasteiger partial charge in [-0.1, -0.05) is 30.3 Å². The van der Waals surface area contributed by atoms with Crippen LogP contribution >= 0.6 is 0 Å². The van der Waals surface area contributed by atoms with Crippen LogP contribution in [0.4, 0.5) is 0 Å². The lowest BCUT2D eigenvalue weighted by atomic mass is 10.1. The Bertz CT molecular complexity index is 737. The molecule has 1 aromatic heterocycles. The van der Waals surface area contributed by atoms with Crippen LogP contribution in [0.25, 0.3) is 0 Å². The van der Waals surface area contributed by atoms with E-state index < -0.39 is 5.91 Å². The number of nitrogens with two attached hydrogens (primary N) is 1. The third-order valence-corrected chi connectivity index (χ3v) is 4.44. The third kappa shape index (κ3) is 5.17. The van der Waals surface area contributed by atoms with E-state index in [0.717, 1.165) is 22.5 Å². The number of amides is 2. The zero-order chi connectivity index (χ0) is 18.4. The third-order valence-electron chi connectivity index (χ3n) is 4.44. The van der Waals surface area contributed by atoms with E-state index in [1.807, 2.05) is 55.9 Å². The van der Waals surface area contributed by atoms with Crippen molar-refractivity contribution in [3.63, 3.8) is 0 Å². The molecule has 0 saturated heterocycles. The molecule has 2 N–H and O–H groups in total. The van der Waals surface area contributed by atoms with Gasteiger partial charge in [-0.15, -0.1) is 0 Å². The van der Waals surface area contributed by atoms with Crippen LogP contribution in [0, 0.1) is 13.8 Å². The molecule has 0 aliphatic heterocycles. The van der Waals surface area contributed by atoms with Gasteiger partial charge in [0, 0.05) is 38.7 Å². The molecule has 0 fully saturated rings. The molecule has 0 bridgehead atoms. The van der Waals surface area contributed by atoms with E-state index in [1.54, 1.807) is 4.90 Å². The number of carbonyl (C=O) groups is 2. The zero-order valence-corrected chi connectivity index (χ0v) is 15.2. The van der Waals surface area contributed by atoms with E-state index in [9.17, 15) is 9.59 Å². The number of aromatic nitrogens is 2. The molecule has 0 aliphatic rings. The number of primary amides is 1. The first kappa shape index (κ1) is 18.7. The fourth-order valence-electron chi connectivity index (χ4n) is 2.91. The Hall–Kier alpha value is -2.63. The molecule has 134 valence electrons. The molecule has 2 aromatic rings. The first-order chi connectivity index (χ1) is 11.9. The minimum Gasteiger partial charge on any atom is -0.370 e. The Morgan fingerprint density at radius 3 is 2.40 bits per heavy atom. The van der Waals surface area contributed by atoms with Crippen LogP contribution in [0.3, 0.4) is 0 Å². The highest BCUT2D eigenvalue weighted by molar-refractivity contribution is 5.78. The SMILES string of the molecule is Cc1nn(C)c(C)c1CCC(=O)N(CCC(N)=O)Cc1ccccc1. The highest BCUT2D eigenvalue weighted by atomic mass is 16.2. The van der Waals surface area contributed by atoms with Gasteiger partial charge < -0.3 is 10.6 Å². The van der Waals surface area contributed by atoms with Crippen molar-refractivity contribution in [2.24, 2.45) is 12.8 Å². The number of rotatable bonds is 8. The van der Waals surface area contributed by atoms with Crippen molar-refractivity contribution >= 4 is 11.8 Å². The largest absolute Gasteiger partial charge is 0.370 e. The second-order valence-corrected chi connectivity index (χ2v) is 6.29. The first-order valence-corrected chi connectivity index (χ1v) is 8.47. The van der Waals surface area contributed by atoms with Gasteiger partial charge in [-0.25, -0.2) is 0 Å². The molecular formula is C19H26N4O2. The summed E-state index contributed by atoms with van der Waals surface area (Å²) in [5.74, 6) is -0.377. The number of nitrogens with zero attached hydrogens (tertiary/aromatic N) is 3. The lowest BCUT2D eigenvalue weighted by molar-refractivity contribution is -0.132. The summed E-state index contributed by atoms with van der Waals surface area (Å²) < 4.78 is 1.84. The Kier molecular flexibility index (Phi) is 6.33. The Morgan fingerprint density at radius 2 is 1.84 bits per heavy atom. The highest BCUT2D eigenvalue weighted by Crippen LogP contribution is 2.15. The molecular weight excluding hydrogens is 316 g/mol. The van der Waals surface area contributed by atoms with E-state index in [2.05, 4.69) is 5.10 Å². The van der Waals surface area contributed by atoms with Crippen LogP contribution < -0.4 is 5.73 Å². The maximum absolute atomic E-state index is 12.7. The van der Waals surface area contributed by atoms with Crippen LogP contribution in [0.15, 0.2) is 30.3 Å². The maximum atomic E-state index is 12.7. The van der Waals surface area contributed by atoms with E-state index >= 15 is 0 Å². The summed E-state index contributed by atoms with van der Waals surface area (Å²) in [6.07, 6.45) is 1.20. The molecule has 2 amide bonds. The Labute approximate surface area is 148 Å². The smallest absolute Gasteiger partial charge is 0.223 e. The average Bonchev–Trinajstić information content (AvgIpc) is 2.82. The molecule has 0 radical (unpaired) electrons. The minimum atomic E-state index is -0.398. The van der Waals surface area contributed by atoms with Gasteiger partial charge >= 0.3 is 0 Å². The van der Waals surface area contributed by atoms with Crippen molar-refractivity contribution in [1.82, 2.24) is 14.7 Å². The van der Waals surface area contributed by atoms with Gasteiger partial charge in [0.05, 0.1) is 5.69 Å². The lowest BCUT2D eigenvalue weighted by Gasteiger charge is -2.22. The molecule has 6 nitrogen and oxygen atoms in total. The Morgan fingerprint density at radius 1 is 1.16 bits per heavy atom. The lowest BCUT2D eigenvalue weighted by Crippen LogP contribution is -2.33. The quantitative estimate of drug-likeness (QED) is 0.795. The summed E-state index contributed by atoms with van der Waals surface area (Å²) in [4.78, 5) is 25.5. The number of benzene rings is 1. The molecule has 1 heterocycles. The van der Waals surface area contributed by atoms with E-state index in [1.165, 1.54) is 0 Å². The van der Waals surface area contributed by atoms with Crippen LogP contribution in [0.2, 0.25) is 0 Å². The maximum Gasteiger partial charge on any atom is 0.223 e. The number of hydrogen-bond acceptors (Lipinski definition) is 3. The monoisotopic (exact) mass is 342 g/mol. The summed E-state index contributed by atoms with van der Waals surface area (Å²) >= 11 is 0. The van der Waals surface area contributed by atoms with E-state index in [0.29, 0.717) is 25.9 Å². The van der Waals surface area contributed by atoms with Gasteiger partial charge in [-0.2, -0.15) is 5.10 Å². The molecule has 6 heteroatoms. The van der Waals surface area contributed by atoms with Crippen molar-refractivity contribution in [3.05, 3.63) is 52.8 Å². The summed E-state index contributed by atoms with van der Waals surface area (Å²) in [5.41, 5.74) is 9.44. The van der Waals surface area contributed by atoms with Gasteiger partial charge in [0.2, 0.25) is 11.8 Å². The second-order valence-electron chi connectivity index (χ2n) is 6.29. The van der Waals surface area contributed by atoms with Crippen LogP contribution in [0.1, 0.15) is 35.4 Å². The van der Waals surface area contributed by atoms with Gasteiger partial charge in [0.1, 0.15) is 0 Å². The second kappa shape index (κ2) is 8.46. The molecule has 2 rings (SSSR count). The molecule has 25 heavy (non-hydrogen) atoms. The average molecular weight is 342 g/mol. The zero-order valence-electron chi connectivity index (χ0n) is 15.2. The molecule has 1 aromatic carbocycles. The van der Waals surface area contributed by atoms with Gasteiger partial charge in [-0.05, 0) is 31.4 Å². The molecule has 0 unspecified atom stereocenters. The summed E-state index contributed by atoms with van der Waals surface area (Å²) in [6.45, 7) is 4.79. The predicted molar refractivity (Wildman–Crippen MR) is 96.7 cm³/mol. The standard InChI is InChI=1S/C19H26N4O2/c1-14-17(15(2)22(3)21-14)9-10-19(25)23(12-11-18(20)24)13-16-7-5-4-6-8-16/h4-8H,9-13H2,1-3H3,(H2,20,24). The Balaban J connectivity index is 2.04. The highest BCUT2D eigenvalue weighted by Gasteiger charge is 2.17. The van der Waals surface area contributed by atoms with Crippen molar-refractivity contribution in [3.8, 4) is 0 Å². The fourth-order valence-corrected chi connectivity index (χ4v) is 2.91. The van der Waals surface area contributed by atoms with Crippen LogP contribution in [0.5, 0.6) is 0 Å². The summed E-state index contributed by atoms with van der Waals surface area (Å²) in [6, 6.07) is 9.76. The molecule has 0 saturated carbocycles. The minimum absolute atomic E-state index is 0.0211. The van der Waals surface area contributed by atoms with E-state index in [-0.39, 0.29) is 12.3 Å². The number of aryl methyl sites for hydroxylation is 2.